The Labute approximate surface area is 78.8 Å². The van der Waals surface area contributed by atoms with Crippen molar-refractivity contribution in [3.63, 3.8) is 0 Å². The second-order valence-corrected chi connectivity index (χ2v) is 3.12. The number of hydrogen-bond acceptors (Lipinski definition) is 4. The van der Waals surface area contributed by atoms with E-state index in [0.717, 1.165) is 0 Å². The Hall–Kier alpha value is -0.610. The first-order chi connectivity index (χ1) is 6.06. The van der Waals surface area contributed by atoms with Crippen LogP contribution >= 0.6 is 0 Å². The first-order valence-corrected chi connectivity index (χ1v) is 4.42. The summed E-state index contributed by atoms with van der Waals surface area (Å²) in [4.78, 5) is 11.0. The van der Waals surface area contributed by atoms with Crippen molar-refractivity contribution in [2.75, 3.05) is 13.7 Å². The van der Waals surface area contributed by atoms with Crippen LogP contribution in [0.15, 0.2) is 0 Å². The predicted octanol–water partition coefficient (Wildman–Crippen LogP) is 0.725. The molecule has 0 aliphatic carbocycles. The normalized spacial score (nSPS) is 15.1. The Kier molecular flexibility index (Phi) is 6.54. The van der Waals surface area contributed by atoms with Crippen molar-refractivity contribution in [2.45, 2.75) is 38.9 Å². The zero-order valence-corrected chi connectivity index (χ0v) is 8.45. The van der Waals surface area contributed by atoms with Crippen LogP contribution in [0.25, 0.3) is 0 Å². The maximum Gasteiger partial charge on any atom is 0.305 e. The van der Waals surface area contributed by atoms with Gasteiger partial charge in [0.1, 0.15) is 6.61 Å². The molecule has 2 unspecified atom stereocenters. The standard InChI is InChI=1S/C9H18O4/c1-7(10)4-5-9(11)13-6-8(2)12-3/h7-8,10H,4-6H2,1-3H3. The van der Waals surface area contributed by atoms with Crippen molar-refractivity contribution < 1.29 is 19.4 Å². The van der Waals surface area contributed by atoms with Gasteiger partial charge in [-0.25, -0.2) is 0 Å². The Morgan fingerprint density at radius 2 is 2.08 bits per heavy atom. The van der Waals surface area contributed by atoms with Crippen LogP contribution in [0, 0.1) is 0 Å². The summed E-state index contributed by atoms with van der Waals surface area (Å²) in [5.41, 5.74) is 0. The lowest BCUT2D eigenvalue weighted by Crippen LogP contribution is -2.18. The van der Waals surface area contributed by atoms with Gasteiger partial charge in [-0.2, -0.15) is 0 Å². The van der Waals surface area contributed by atoms with E-state index in [2.05, 4.69) is 0 Å². The molecule has 4 heteroatoms. The van der Waals surface area contributed by atoms with E-state index in [-0.39, 0.29) is 25.1 Å². The molecule has 0 aromatic heterocycles. The Morgan fingerprint density at radius 3 is 2.54 bits per heavy atom. The fraction of sp³-hybridized carbons (Fsp3) is 0.889. The van der Waals surface area contributed by atoms with E-state index >= 15 is 0 Å². The summed E-state index contributed by atoms with van der Waals surface area (Å²) in [6.07, 6.45) is 0.178. The molecule has 0 aliphatic heterocycles. The van der Waals surface area contributed by atoms with E-state index in [1.165, 1.54) is 0 Å². The fourth-order valence-corrected chi connectivity index (χ4v) is 0.677. The van der Waals surface area contributed by atoms with E-state index in [0.29, 0.717) is 6.42 Å². The zero-order valence-electron chi connectivity index (χ0n) is 8.45. The largest absolute Gasteiger partial charge is 0.463 e. The van der Waals surface area contributed by atoms with Crippen LogP contribution in [0.4, 0.5) is 0 Å². The lowest BCUT2D eigenvalue weighted by atomic mass is 10.2. The number of carbonyl (C=O) groups excluding carboxylic acids is 1. The van der Waals surface area contributed by atoms with Crippen molar-refractivity contribution in [1.82, 2.24) is 0 Å². The van der Waals surface area contributed by atoms with Crippen molar-refractivity contribution in [3.05, 3.63) is 0 Å². The number of rotatable bonds is 6. The molecule has 0 bridgehead atoms. The van der Waals surface area contributed by atoms with Gasteiger partial charge in [0.05, 0.1) is 12.2 Å². The van der Waals surface area contributed by atoms with E-state index in [1.807, 2.05) is 6.92 Å². The van der Waals surface area contributed by atoms with Gasteiger partial charge in [0, 0.05) is 13.5 Å². The van der Waals surface area contributed by atoms with Crippen LogP contribution in [0.1, 0.15) is 26.7 Å². The first kappa shape index (κ1) is 12.4. The smallest absolute Gasteiger partial charge is 0.305 e. The molecule has 0 rings (SSSR count). The monoisotopic (exact) mass is 190 g/mol. The maximum atomic E-state index is 11.0. The number of carbonyl (C=O) groups is 1. The third kappa shape index (κ3) is 7.74. The Morgan fingerprint density at radius 1 is 1.46 bits per heavy atom. The van der Waals surface area contributed by atoms with Gasteiger partial charge < -0.3 is 14.6 Å². The zero-order chi connectivity index (χ0) is 10.3. The summed E-state index contributed by atoms with van der Waals surface area (Å²) in [7, 11) is 1.56. The molecule has 78 valence electrons. The predicted molar refractivity (Wildman–Crippen MR) is 48.3 cm³/mol. The van der Waals surface area contributed by atoms with Gasteiger partial charge in [-0.15, -0.1) is 0 Å². The van der Waals surface area contributed by atoms with Crippen LogP contribution in [0.5, 0.6) is 0 Å². The van der Waals surface area contributed by atoms with E-state index in [9.17, 15) is 4.79 Å². The molecule has 0 radical (unpaired) electrons. The average molecular weight is 190 g/mol. The van der Waals surface area contributed by atoms with Crippen LogP contribution in [0.3, 0.4) is 0 Å². The first-order valence-electron chi connectivity index (χ1n) is 4.42. The van der Waals surface area contributed by atoms with Crippen molar-refractivity contribution in [2.24, 2.45) is 0 Å². The van der Waals surface area contributed by atoms with Gasteiger partial charge in [0.15, 0.2) is 0 Å². The van der Waals surface area contributed by atoms with E-state index < -0.39 is 6.10 Å². The third-order valence-electron chi connectivity index (χ3n) is 1.65. The number of aliphatic hydroxyl groups excluding tert-OH is 1. The molecule has 13 heavy (non-hydrogen) atoms. The highest BCUT2D eigenvalue weighted by Gasteiger charge is 2.07. The molecule has 0 fully saturated rings. The summed E-state index contributed by atoms with van der Waals surface area (Å²) in [5.74, 6) is -0.287. The number of hydrogen-bond donors (Lipinski definition) is 1. The number of esters is 1. The van der Waals surface area contributed by atoms with Gasteiger partial charge in [0.25, 0.3) is 0 Å². The summed E-state index contributed by atoms with van der Waals surface area (Å²) < 4.78 is 9.77. The molecule has 1 N–H and O–H groups in total. The molecular formula is C9H18O4. The lowest BCUT2D eigenvalue weighted by Gasteiger charge is -2.10. The van der Waals surface area contributed by atoms with Crippen molar-refractivity contribution >= 4 is 5.97 Å². The molecule has 0 saturated carbocycles. The minimum atomic E-state index is -0.451. The summed E-state index contributed by atoms with van der Waals surface area (Å²) in [6.45, 7) is 3.74. The molecule has 0 amide bonds. The molecular weight excluding hydrogens is 172 g/mol. The highest BCUT2D eigenvalue weighted by molar-refractivity contribution is 5.69. The maximum absolute atomic E-state index is 11.0. The second kappa shape index (κ2) is 6.86. The van der Waals surface area contributed by atoms with Crippen molar-refractivity contribution in [1.29, 1.82) is 0 Å². The highest BCUT2D eigenvalue weighted by Crippen LogP contribution is 1.99. The average Bonchev–Trinajstić information content (AvgIpc) is 2.10. The molecule has 4 nitrogen and oxygen atoms in total. The van der Waals surface area contributed by atoms with Crippen LogP contribution in [0.2, 0.25) is 0 Å². The van der Waals surface area contributed by atoms with Crippen LogP contribution < -0.4 is 0 Å². The van der Waals surface area contributed by atoms with Gasteiger partial charge in [-0.1, -0.05) is 0 Å². The number of methoxy groups -OCH3 is 1. The molecule has 2 atom stereocenters. The minimum absolute atomic E-state index is 0.0736. The van der Waals surface area contributed by atoms with Crippen molar-refractivity contribution in [3.8, 4) is 0 Å². The quantitative estimate of drug-likeness (QED) is 0.627. The summed E-state index contributed by atoms with van der Waals surface area (Å²) >= 11 is 0. The Bertz CT molecular complexity index is 145. The second-order valence-electron chi connectivity index (χ2n) is 3.12. The highest BCUT2D eigenvalue weighted by atomic mass is 16.6. The fourth-order valence-electron chi connectivity index (χ4n) is 0.677. The van der Waals surface area contributed by atoms with Crippen LogP contribution in [-0.4, -0.2) is 37.0 Å². The SMILES string of the molecule is COC(C)COC(=O)CCC(C)O. The third-order valence-corrected chi connectivity index (χ3v) is 1.65. The Balaban J connectivity index is 3.40. The van der Waals surface area contributed by atoms with E-state index in [1.54, 1.807) is 14.0 Å². The summed E-state index contributed by atoms with van der Waals surface area (Å²) in [5, 5.41) is 8.89. The summed E-state index contributed by atoms with van der Waals surface area (Å²) in [6, 6.07) is 0. The molecule has 0 aliphatic rings. The molecule has 0 aromatic carbocycles. The molecule has 0 saturated heterocycles. The molecule has 0 aromatic rings. The lowest BCUT2D eigenvalue weighted by molar-refractivity contribution is -0.147. The number of aliphatic hydroxyl groups is 1. The van der Waals surface area contributed by atoms with Crippen LogP contribution in [-0.2, 0) is 14.3 Å². The number of ether oxygens (including phenoxy) is 2. The van der Waals surface area contributed by atoms with Gasteiger partial charge in [0.2, 0.25) is 0 Å². The van der Waals surface area contributed by atoms with E-state index in [4.69, 9.17) is 14.6 Å². The topological polar surface area (TPSA) is 55.8 Å². The van der Waals surface area contributed by atoms with Gasteiger partial charge >= 0.3 is 5.97 Å². The molecule has 0 heterocycles. The van der Waals surface area contributed by atoms with Gasteiger partial charge in [-0.05, 0) is 20.3 Å². The molecule has 0 spiro atoms. The van der Waals surface area contributed by atoms with Gasteiger partial charge in [-0.3, -0.25) is 4.79 Å². The minimum Gasteiger partial charge on any atom is -0.463 e.